The van der Waals surface area contributed by atoms with E-state index in [1.54, 1.807) is 13.0 Å². The Bertz CT molecular complexity index is 528. The normalized spacial score (nSPS) is 15.9. The summed E-state index contributed by atoms with van der Waals surface area (Å²) in [5, 5.41) is 2.78. The van der Waals surface area contributed by atoms with Crippen LogP contribution < -0.4 is 10.2 Å². The Hall–Kier alpha value is -1.91. The summed E-state index contributed by atoms with van der Waals surface area (Å²) in [6.45, 7) is 4.79. The van der Waals surface area contributed by atoms with Crippen molar-refractivity contribution in [1.82, 2.24) is 5.32 Å². The van der Waals surface area contributed by atoms with Crippen molar-refractivity contribution in [1.29, 1.82) is 0 Å². The molecule has 0 aromatic heterocycles. The molecule has 0 bridgehead atoms. The monoisotopic (exact) mass is 264 g/mol. The highest BCUT2D eigenvalue weighted by Crippen LogP contribution is 2.25. The molecule has 0 spiro atoms. The number of amides is 1. The third-order valence-electron chi connectivity index (χ3n) is 3.31. The first kappa shape index (κ1) is 13.5. The third-order valence-corrected chi connectivity index (χ3v) is 3.31. The molecule has 5 heteroatoms. The second-order valence-electron chi connectivity index (χ2n) is 4.76. The molecule has 1 aliphatic rings. The molecule has 0 saturated carbocycles. The lowest BCUT2D eigenvalue weighted by molar-refractivity contribution is -0.120. The maximum absolute atomic E-state index is 13.6. The highest BCUT2D eigenvalue weighted by molar-refractivity contribution is 6.00. The fourth-order valence-electron chi connectivity index (χ4n) is 2.22. The molecular weight excluding hydrogens is 247 g/mol. The topological polar surface area (TPSA) is 49.4 Å². The van der Waals surface area contributed by atoms with Crippen molar-refractivity contribution in [3.63, 3.8) is 0 Å². The molecule has 0 unspecified atom stereocenters. The Balaban J connectivity index is 2.39. The van der Waals surface area contributed by atoms with Crippen LogP contribution in [0.15, 0.2) is 12.1 Å². The van der Waals surface area contributed by atoms with Gasteiger partial charge in [-0.25, -0.2) is 4.39 Å². The first-order valence-electron chi connectivity index (χ1n) is 6.32. The van der Waals surface area contributed by atoms with E-state index in [4.69, 9.17) is 0 Å². The molecule has 1 saturated heterocycles. The minimum Gasteiger partial charge on any atom is -0.369 e. The van der Waals surface area contributed by atoms with Gasteiger partial charge in [-0.2, -0.15) is 0 Å². The lowest BCUT2D eigenvalue weighted by atomic mass is 10.0. The van der Waals surface area contributed by atoms with Crippen molar-refractivity contribution >= 4 is 17.4 Å². The number of nitrogens with one attached hydrogen (secondary N) is 1. The molecular formula is C14H17FN2O2. The number of anilines is 1. The number of hydrogen-bond donors (Lipinski definition) is 1. The lowest BCUT2D eigenvalue weighted by Crippen LogP contribution is -2.29. The summed E-state index contributed by atoms with van der Waals surface area (Å²) >= 11 is 0. The maximum atomic E-state index is 13.6. The number of Topliss-reactive ketones (excluding diaryl/α,β-unsaturated/α-hetero) is 1. The molecule has 1 aromatic carbocycles. The summed E-state index contributed by atoms with van der Waals surface area (Å²) in [6.07, 6.45) is 0.383. The van der Waals surface area contributed by atoms with Crippen LogP contribution in [0.1, 0.15) is 29.3 Å². The number of carbonyl (C=O) groups excluding carboxylic acids is 2. The molecule has 1 aliphatic heterocycles. The summed E-state index contributed by atoms with van der Waals surface area (Å²) < 4.78 is 13.6. The first-order chi connectivity index (χ1) is 8.99. The lowest BCUT2D eigenvalue weighted by Gasteiger charge is -2.24. The van der Waals surface area contributed by atoms with Gasteiger partial charge < -0.3 is 10.2 Å². The number of ketones is 1. The summed E-state index contributed by atoms with van der Waals surface area (Å²) in [4.78, 5) is 24.9. The molecule has 102 valence electrons. The fraction of sp³-hybridized carbons (Fsp3) is 0.429. The average Bonchev–Trinajstić information content (AvgIpc) is 2.57. The van der Waals surface area contributed by atoms with E-state index in [1.165, 1.54) is 13.0 Å². The zero-order chi connectivity index (χ0) is 14.0. The van der Waals surface area contributed by atoms with E-state index in [0.717, 1.165) is 0 Å². The predicted octanol–water partition coefficient (Wildman–Crippen LogP) is 1.66. The molecule has 2 rings (SSSR count). The van der Waals surface area contributed by atoms with Crippen molar-refractivity contribution in [2.45, 2.75) is 20.3 Å². The zero-order valence-electron chi connectivity index (χ0n) is 11.1. The Kier molecular flexibility index (Phi) is 3.83. The van der Waals surface area contributed by atoms with E-state index in [-0.39, 0.29) is 17.5 Å². The average molecular weight is 264 g/mol. The third kappa shape index (κ3) is 2.92. The number of halogens is 1. The van der Waals surface area contributed by atoms with E-state index in [1.807, 2.05) is 4.90 Å². The highest BCUT2D eigenvalue weighted by Gasteiger charge is 2.19. The number of carbonyl (C=O) groups is 2. The van der Waals surface area contributed by atoms with Gasteiger partial charge in [-0.1, -0.05) is 0 Å². The second kappa shape index (κ2) is 5.38. The van der Waals surface area contributed by atoms with Crippen molar-refractivity contribution < 1.29 is 14.0 Å². The van der Waals surface area contributed by atoms with Gasteiger partial charge in [0.2, 0.25) is 5.91 Å². The van der Waals surface area contributed by atoms with Crippen LogP contribution in [0, 0.1) is 12.7 Å². The van der Waals surface area contributed by atoms with E-state index in [9.17, 15) is 14.0 Å². The molecule has 1 amide bonds. The Labute approximate surface area is 111 Å². The molecule has 0 atom stereocenters. The quantitative estimate of drug-likeness (QED) is 0.827. The zero-order valence-corrected chi connectivity index (χ0v) is 11.1. The van der Waals surface area contributed by atoms with Crippen LogP contribution in [-0.2, 0) is 4.79 Å². The highest BCUT2D eigenvalue weighted by atomic mass is 19.1. The Morgan fingerprint density at radius 1 is 1.37 bits per heavy atom. The maximum Gasteiger partial charge on any atom is 0.221 e. The summed E-state index contributed by atoms with van der Waals surface area (Å²) in [7, 11) is 0. The SMILES string of the molecule is CC(=O)c1cc(F)c(C)cc1N1CCNC(=O)CC1. The molecule has 1 heterocycles. The molecule has 0 radical (unpaired) electrons. The van der Waals surface area contributed by atoms with Crippen molar-refractivity contribution in [3.05, 3.63) is 29.1 Å². The first-order valence-corrected chi connectivity index (χ1v) is 6.32. The van der Waals surface area contributed by atoms with Gasteiger partial charge in [-0.05, 0) is 31.5 Å². The predicted molar refractivity (Wildman–Crippen MR) is 71.0 cm³/mol. The van der Waals surface area contributed by atoms with E-state index in [0.29, 0.717) is 42.9 Å². The van der Waals surface area contributed by atoms with Crippen molar-refractivity contribution in [3.8, 4) is 0 Å². The summed E-state index contributed by atoms with van der Waals surface area (Å²) in [6, 6.07) is 2.97. The van der Waals surface area contributed by atoms with Crippen molar-refractivity contribution in [2.75, 3.05) is 24.5 Å². The van der Waals surface area contributed by atoms with Gasteiger partial charge in [-0.3, -0.25) is 9.59 Å². The molecule has 1 N–H and O–H groups in total. The minimum atomic E-state index is -0.377. The second-order valence-corrected chi connectivity index (χ2v) is 4.76. The minimum absolute atomic E-state index is 0.00529. The Morgan fingerprint density at radius 3 is 2.79 bits per heavy atom. The number of benzene rings is 1. The Morgan fingerprint density at radius 2 is 2.11 bits per heavy atom. The molecule has 1 aromatic rings. The van der Waals surface area contributed by atoms with Gasteiger partial charge in [0.05, 0.1) is 0 Å². The molecule has 0 aliphatic carbocycles. The van der Waals surface area contributed by atoms with Crippen LogP contribution in [0.3, 0.4) is 0 Å². The molecule has 1 fully saturated rings. The summed E-state index contributed by atoms with van der Waals surface area (Å²) in [5.74, 6) is -0.541. The largest absolute Gasteiger partial charge is 0.369 e. The van der Waals surface area contributed by atoms with Crippen LogP contribution >= 0.6 is 0 Å². The number of nitrogens with zero attached hydrogens (tertiary/aromatic N) is 1. The van der Waals surface area contributed by atoms with Crippen molar-refractivity contribution in [2.24, 2.45) is 0 Å². The van der Waals surface area contributed by atoms with Gasteiger partial charge in [-0.15, -0.1) is 0 Å². The van der Waals surface area contributed by atoms with E-state index >= 15 is 0 Å². The van der Waals surface area contributed by atoms with Crippen LogP contribution in [0.4, 0.5) is 10.1 Å². The van der Waals surface area contributed by atoms with E-state index < -0.39 is 0 Å². The van der Waals surface area contributed by atoms with Gasteiger partial charge in [0.1, 0.15) is 5.82 Å². The van der Waals surface area contributed by atoms with Gasteiger partial charge >= 0.3 is 0 Å². The van der Waals surface area contributed by atoms with Gasteiger partial charge in [0, 0.05) is 37.3 Å². The number of aryl methyl sites for hydroxylation is 1. The van der Waals surface area contributed by atoms with Crippen LogP contribution in [0.25, 0.3) is 0 Å². The molecule has 19 heavy (non-hydrogen) atoms. The van der Waals surface area contributed by atoms with E-state index in [2.05, 4.69) is 5.32 Å². The van der Waals surface area contributed by atoms with Gasteiger partial charge in [0.25, 0.3) is 0 Å². The summed E-state index contributed by atoms with van der Waals surface area (Å²) in [5.41, 5.74) is 1.59. The fourth-order valence-corrected chi connectivity index (χ4v) is 2.22. The van der Waals surface area contributed by atoms with Crippen LogP contribution in [-0.4, -0.2) is 31.3 Å². The number of rotatable bonds is 2. The van der Waals surface area contributed by atoms with Crippen LogP contribution in [0.2, 0.25) is 0 Å². The molecule has 4 nitrogen and oxygen atoms in total. The van der Waals surface area contributed by atoms with Gasteiger partial charge in [0.15, 0.2) is 5.78 Å². The number of hydrogen-bond acceptors (Lipinski definition) is 3. The van der Waals surface area contributed by atoms with Crippen LogP contribution in [0.5, 0.6) is 0 Å². The smallest absolute Gasteiger partial charge is 0.221 e. The standard InChI is InChI=1S/C14H17FN2O2/c1-9-7-13(11(10(2)18)8-12(9)15)17-5-3-14(19)16-4-6-17/h7-8H,3-6H2,1-2H3,(H,16,19).